The molecule has 92 valence electrons. The lowest BCUT2D eigenvalue weighted by Gasteiger charge is -1.96. The Bertz CT molecular complexity index is 638. The van der Waals surface area contributed by atoms with Gasteiger partial charge in [-0.1, -0.05) is 18.2 Å². The van der Waals surface area contributed by atoms with Crippen molar-refractivity contribution in [2.75, 3.05) is 7.11 Å². The summed E-state index contributed by atoms with van der Waals surface area (Å²) in [7, 11) is 1.32. The number of carbonyl (C=O) groups excluding carboxylic acids is 2. The summed E-state index contributed by atoms with van der Waals surface area (Å²) < 4.78 is 6.10. The summed E-state index contributed by atoms with van der Waals surface area (Å²) in [5.41, 5.74) is 1.64. The Kier molecular flexibility index (Phi) is 3.28. The molecule has 0 saturated carbocycles. The lowest BCUT2D eigenvalue weighted by atomic mass is 10.1. The van der Waals surface area contributed by atoms with E-state index in [-0.39, 0.29) is 5.91 Å². The van der Waals surface area contributed by atoms with Gasteiger partial charge in [0.2, 0.25) is 5.91 Å². The van der Waals surface area contributed by atoms with Gasteiger partial charge in [-0.3, -0.25) is 9.36 Å². The van der Waals surface area contributed by atoms with Crippen LogP contribution in [-0.2, 0) is 9.53 Å². The first-order valence-corrected chi connectivity index (χ1v) is 5.50. The fourth-order valence-electron chi connectivity index (χ4n) is 1.83. The fraction of sp³-hybridized carbons (Fsp3) is 0.143. The zero-order valence-electron chi connectivity index (χ0n) is 10.2. The molecule has 1 heterocycles. The summed E-state index contributed by atoms with van der Waals surface area (Å²) in [6.07, 6.45) is 4.70. The number of fused-ring (bicyclic) bond motifs is 1. The van der Waals surface area contributed by atoms with Crippen LogP contribution in [-0.4, -0.2) is 23.6 Å². The molecule has 0 bridgehead atoms. The van der Waals surface area contributed by atoms with Gasteiger partial charge >= 0.3 is 5.97 Å². The van der Waals surface area contributed by atoms with Gasteiger partial charge in [0.05, 0.1) is 12.6 Å². The van der Waals surface area contributed by atoms with Gasteiger partial charge in [-0.25, -0.2) is 4.79 Å². The molecular formula is C14H13NO3. The molecule has 1 aromatic carbocycles. The fourth-order valence-corrected chi connectivity index (χ4v) is 1.83. The molecule has 4 heteroatoms. The molecule has 0 amide bonds. The van der Waals surface area contributed by atoms with Crippen molar-refractivity contribution >= 4 is 28.9 Å². The van der Waals surface area contributed by atoms with E-state index in [4.69, 9.17) is 0 Å². The SMILES string of the molecule is COC(=O)/C=C/c1cn(C(C)=O)c2ccccc12. The first-order chi connectivity index (χ1) is 8.63. The summed E-state index contributed by atoms with van der Waals surface area (Å²) in [5, 5.41) is 0.924. The zero-order chi connectivity index (χ0) is 13.1. The summed E-state index contributed by atoms with van der Waals surface area (Å²) in [5.74, 6) is -0.487. The minimum Gasteiger partial charge on any atom is -0.466 e. The number of hydrogen-bond acceptors (Lipinski definition) is 3. The molecule has 0 aliphatic rings. The smallest absolute Gasteiger partial charge is 0.330 e. The molecule has 0 spiro atoms. The van der Waals surface area contributed by atoms with Crippen molar-refractivity contribution in [3.63, 3.8) is 0 Å². The van der Waals surface area contributed by atoms with Crippen molar-refractivity contribution in [3.8, 4) is 0 Å². The molecule has 0 aliphatic heterocycles. The van der Waals surface area contributed by atoms with Crippen molar-refractivity contribution in [2.24, 2.45) is 0 Å². The van der Waals surface area contributed by atoms with Crippen molar-refractivity contribution < 1.29 is 14.3 Å². The summed E-state index contributed by atoms with van der Waals surface area (Å²) in [6, 6.07) is 7.54. The van der Waals surface area contributed by atoms with Gasteiger partial charge in [0.15, 0.2) is 0 Å². The highest BCUT2D eigenvalue weighted by molar-refractivity contribution is 5.98. The maximum atomic E-state index is 11.5. The lowest BCUT2D eigenvalue weighted by molar-refractivity contribution is -0.134. The molecule has 2 aromatic rings. The van der Waals surface area contributed by atoms with Crippen LogP contribution in [0, 0.1) is 0 Å². The Morgan fingerprint density at radius 3 is 2.67 bits per heavy atom. The number of methoxy groups -OCH3 is 1. The maximum Gasteiger partial charge on any atom is 0.330 e. The standard InChI is InChI=1S/C14H13NO3/c1-10(16)15-9-11(7-8-14(17)18-2)12-5-3-4-6-13(12)15/h3-9H,1-2H3/b8-7+. The van der Waals surface area contributed by atoms with Crippen molar-refractivity contribution in [1.82, 2.24) is 4.57 Å². The molecule has 4 nitrogen and oxygen atoms in total. The Labute approximate surface area is 104 Å². The second-order valence-corrected chi connectivity index (χ2v) is 3.85. The minimum absolute atomic E-state index is 0.0658. The molecule has 0 fully saturated rings. The van der Waals surface area contributed by atoms with Gasteiger partial charge in [-0.05, 0) is 12.1 Å². The summed E-state index contributed by atoms with van der Waals surface area (Å²) in [6.45, 7) is 1.50. The van der Waals surface area contributed by atoms with E-state index in [1.165, 1.54) is 20.1 Å². The first kappa shape index (κ1) is 12.1. The Hall–Kier alpha value is -2.36. The molecule has 0 unspecified atom stereocenters. The molecule has 0 N–H and O–H groups in total. The van der Waals surface area contributed by atoms with Crippen LogP contribution in [0.2, 0.25) is 0 Å². The first-order valence-electron chi connectivity index (χ1n) is 5.50. The number of aromatic nitrogens is 1. The van der Waals surface area contributed by atoms with Crippen molar-refractivity contribution in [2.45, 2.75) is 6.92 Å². The van der Waals surface area contributed by atoms with E-state index in [1.54, 1.807) is 16.8 Å². The van der Waals surface area contributed by atoms with E-state index in [9.17, 15) is 9.59 Å². The van der Waals surface area contributed by atoms with Crippen LogP contribution >= 0.6 is 0 Å². The number of ether oxygens (including phenoxy) is 1. The van der Waals surface area contributed by atoms with E-state index in [1.807, 2.05) is 24.3 Å². The van der Waals surface area contributed by atoms with Crippen LogP contribution in [0.3, 0.4) is 0 Å². The highest BCUT2D eigenvalue weighted by atomic mass is 16.5. The predicted octanol–water partition coefficient (Wildman–Crippen LogP) is 2.49. The van der Waals surface area contributed by atoms with E-state index in [0.717, 1.165) is 16.5 Å². The van der Waals surface area contributed by atoms with Crippen LogP contribution in [0.15, 0.2) is 36.5 Å². The summed E-state index contributed by atoms with van der Waals surface area (Å²) >= 11 is 0. The largest absolute Gasteiger partial charge is 0.466 e. The van der Waals surface area contributed by atoms with Crippen LogP contribution < -0.4 is 0 Å². The van der Waals surface area contributed by atoms with E-state index in [0.29, 0.717) is 0 Å². The van der Waals surface area contributed by atoms with E-state index in [2.05, 4.69) is 4.74 Å². The van der Waals surface area contributed by atoms with Gasteiger partial charge in [0.1, 0.15) is 0 Å². The average molecular weight is 243 g/mol. The third-order valence-corrected chi connectivity index (χ3v) is 2.68. The van der Waals surface area contributed by atoms with Gasteiger partial charge in [-0.2, -0.15) is 0 Å². The summed E-state index contributed by atoms with van der Waals surface area (Å²) in [4.78, 5) is 22.6. The number of rotatable bonds is 2. The number of carbonyl (C=O) groups is 2. The Morgan fingerprint density at radius 2 is 2.00 bits per heavy atom. The van der Waals surface area contributed by atoms with Gasteiger partial charge < -0.3 is 4.74 Å². The molecule has 1 aromatic heterocycles. The van der Waals surface area contributed by atoms with E-state index < -0.39 is 5.97 Å². The van der Waals surface area contributed by atoms with Gasteiger partial charge in [0.25, 0.3) is 0 Å². The predicted molar refractivity (Wildman–Crippen MR) is 69.3 cm³/mol. The zero-order valence-corrected chi connectivity index (χ0v) is 10.2. The molecule has 2 rings (SSSR count). The number of hydrogen-bond donors (Lipinski definition) is 0. The van der Waals surface area contributed by atoms with Crippen LogP contribution in [0.1, 0.15) is 17.3 Å². The highest BCUT2D eigenvalue weighted by Crippen LogP contribution is 2.22. The Balaban J connectivity index is 2.55. The quantitative estimate of drug-likeness (QED) is 0.601. The highest BCUT2D eigenvalue weighted by Gasteiger charge is 2.08. The number of para-hydroxylation sites is 1. The topological polar surface area (TPSA) is 48.3 Å². The molecule has 0 radical (unpaired) electrons. The average Bonchev–Trinajstić information content (AvgIpc) is 2.75. The third kappa shape index (κ3) is 2.18. The molecule has 0 atom stereocenters. The molecular weight excluding hydrogens is 230 g/mol. The second-order valence-electron chi connectivity index (χ2n) is 3.85. The Morgan fingerprint density at radius 1 is 1.28 bits per heavy atom. The van der Waals surface area contributed by atoms with Gasteiger partial charge in [0, 0.05) is 30.1 Å². The number of nitrogens with zero attached hydrogens (tertiary/aromatic N) is 1. The lowest BCUT2D eigenvalue weighted by Crippen LogP contribution is -2.02. The van der Waals surface area contributed by atoms with Crippen molar-refractivity contribution in [1.29, 1.82) is 0 Å². The third-order valence-electron chi connectivity index (χ3n) is 2.68. The number of esters is 1. The number of benzene rings is 1. The molecule has 0 saturated heterocycles. The monoisotopic (exact) mass is 243 g/mol. The molecule has 18 heavy (non-hydrogen) atoms. The van der Waals surface area contributed by atoms with Crippen LogP contribution in [0.5, 0.6) is 0 Å². The van der Waals surface area contributed by atoms with E-state index >= 15 is 0 Å². The van der Waals surface area contributed by atoms with Crippen LogP contribution in [0.25, 0.3) is 17.0 Å². The minimum atomic E-state index is -0.422. The van der Waals surface area contributed by atoms with Crippen molar-refractivity contribution in [3.05, 3.63) is 42.1 Å². The second kappa shape index (κ2) is 4.87. The molecule has 0 aliphatic carbocycles. The maximum absolute atomic E-state index is 11.5. The van der Waals surface area contributed by atoms with Crippen LogP contribution in [0.4, 0.5) is 0 Å². The van der Waals surface area contributed by atoms with Gasteiger partial charge in [-0.15, -0.1) is 0 Å². The normalized spacial score (nSPS) is 11.0.